The van der Waals surface area contributed by atoms with E-state index in [2.05, 4.69) is 5.32 Å². The minimum atomic E-state index is -0.875. The zero-order chi connectivity index (χ0) is 15.8. The van der Waals surface area contributed by atoms with Crippen LogP contribution in [0.25, 0.3) is 0 Å². The van der Waals surface area contributed by atoms with Crippen LogP contribution < -0.4 is 5.32 Å². The van der Waals surface area contributed by atoms with Gasteiger partial charge in [-0.25, -0.2) is 0 Å². The highest BCUT2D eigenvalue weighted by atomic mass is 16.4. The van der Waals surface area contributed by atoms with E-state index in [-0.39, 0.29) is 18.4 Å². The summed E-state index contributed by atoms with van der Waals surface area (Å²) in [5.41, 5.74) is 2.09. The van der Waals surface area contributed by atoms with Crippen molar-refractivity contribution in [2.75, 3.05) is 6.54 Å². The molecule has 2 atom stereocenters. The fourth-order valence-electron chi connectivity index (χ4n) is 2.33. The van der Waals surface area contributed by atoms with Crippen LogP contribution in [-0.2, 0) is 16.0 Å². The van der Waals surface area contributed by atoms with Gasteiger partial charge in [-0.3, -0.25) is 9.59 Å². The molecular formula is C17H25NO3. The van der Waals surface area contributed by atoms with Gasteiger partial charge in [0.1, 0.15) is 0 Å². The van der Waals surface area contributed by atoms with Crippen LogP contribution in [0.4, 0.5) is 0 Å². The summed E-state index contributed by atoms with van der Waals surface area (Å²) in [4.78, 5) is 23.2. The molecule has 2 unspecified atom stereocenters. The molecule has 0 bridgehead atoms. The molecule has 0 radical (unpaired) electrons. The molecule has 1 aromatic carbocycles. The second kappa shape index (κ2) is 8.45. The van der Waals surface area contributed by atoms with Crippen molar-refractivity contribution >= 4 is 11.9 Å². The van der Waals surface area contributed by atoms with E-state index in [1.54, 1.807) is 0 Å². The van der Waals surface area contributed by atoms with Crippen molar-refractivity contribution in [1.82, 2.24) is 5.32 Å². The van der Waals surface area contributed by atoms with Gasteiger partial charge < -0.3 is 10.4 Å². The maximum absolute atomic E-state index is 11.9. The molecule has 1 aromatic rings. The Balaban J connectivity index is 2.58. The molecular weight excluding hydrogens is 266 g/mol. The minimum absolute atomic E-state index is 0.0626. The van der Waals surface area contributed by atoms with Crippen molar-refractivity contribution in [1.29, 1.82) is 0 Å². The van der Waals surface area contributed by atoms with Crippen LogP contribution in [0.15, 0.2) is 24.3 Å². The molecule has 0 fully saturated rings. The van der Waals surface area contributed by atoms with Crippen LogP contribution in [0, 0.1) is 18.8 Å². The first-order chi connectivity index (χ1) is 9.93. The number of carboxylic acid groups (broad SMARTS) is 1. The number of aliphatic carboxylic acids is 1. The Labute approximate surface area is 126 Å². The number of carbonyl (C=O) groups excluding carboxylic acids is 1. The number of amides is 1. The monoisotopic (exact) mass is 291 g/mol. The predicted molar refractivity (Wildman–Crippen MR) is 83.1 cm³/mol. The van der Waals surface area contributed by atoms with Crippen LogP contribution in [0.1, 0.15) is 37.8 Å². The molecule has 1 amide bonds. The third-order valence-electron chi connectivity index (χ3n) is 3.61. The van der Waals surface area contributed by atoms with Gasteiger partial charge in [0.15, 0.2) is 0 Å². The molecule has 0 spiro atoms. The SMILES string of the molecule is CCCC(C)C(=O)NCC(Cc1cccc(C)c1)C(=O)O. The van der Waals surface area contributed by atoms with Crippen LogP contribution in [-0.4, -0.2) is 23.5 Å². The van der Waals surface area contributed by atoms with Crippen molar-refractivity contribution in [2.24, 2.45) is 11.8 Å². The molecule has 21 heavy (non-hydrogen) atoms. The lowest BCUT2D eigenvalue weighted by atomic mass is 9.97. The third-order valence-corrected chi connectivity index (χ3v) is 3.61. The molecule has 116 valence electrons. The lowest BCUT2D eigenvalue weighted by Crippen LogP contribution is -2.36. The number of nitrogens with one attached hydrogen (secondary N) is 1. The number of aryl methyl sites for hydroxylation is 1. The first-order valence-corrected chi connectivity index (χ1v) is 7.50. The zero-order valence-electron chi connectivity index (χ0n) is 13.1. The minimum Gasteiger partial charge on any atom is -0.481 e. The summed E-state index contributed by atoms with van der Waals surface area (Å²) in [5.74, 6) is -1.60. The van der Waals surface area contributed by atoms with E-state index >= 15 is 0 Å². The van der Waals surface area contributed by atoms with Crippen molar-refractivity contribution in [3.63, 3.8) is 0 Å². The van der Waals surface area contributed by atoms with Gasteiger partial charge in [-0.15, -0.1) is 0 Å². The van der Waals surface area contributed by atoms with E-state index < -0.39 is 11.9 Å². The highest BCUT2D eigenvalue weighted by molar-refractivity contribution is 5.79. The summed E-state index contributed by atoms with van der Waals surface area (Å²) in [6, 6.07) is 7.81. The van der Waals surface area contributed by atoms with Gasteiger partial charge in [0.05, 0.1) is 5.92 Å². The second-order valence-electron chi connectivity index (χ2n) is 5.66. The topological polar surface area (TPSA) is 66.4 Å². The average Bonchev–Trinajstić information content (AvgIpc) is 2.43. The number of carboxylic acids is 1. The molecule has 0 saturated carbocycles. The largest absolute Gasteiger partial charge is 0.481 e. The van der Waals surface area contributed by atoms with Crippen LogP contribution in [0.2, 0.25) is 0 Å². The lowest BCUT2D eigenvalue weighted by molar-refractivity contribution is -0.141. The normalized spacial score (nSPS) is 13.5. The Kier molecular flexibility index (Phi) is 6.92. The van der Waals surface area contributed by atoms with E-state index in [4.69, 9.17) is 0 Å². The van der Waals surface area contributed by atoms with Gasteiger partial charge in [-0.05, 0) is 25.3 Å². The third kappa shape index (κ3) is 5.98. The maximum atomic E-state index is 11.9. The van der Waals surface area contributed by atoms with Crippen molar-refractivity contribution in [3.05, 3.63) is 35.4 Å². The Hall–Kier alpha value is -1.84. The standard InChI is InChI=1S/C17H25NO3/c1-4-6-13(3)16(19)18-11-15(17(20)21)10-14-8-5-7-12(2)9-14/h5,7-9,13,15H,4,6,10-11H2,1-3H3,(H,18,19)(H,20,21). The molecule has 0 heterocycles. The molecule has 0 aliphatic heterocycles. The first-order valence-electron chi connectivity index (χ1n) is 7.50. The van der Waals surface area contributed by atoms with E-state index in [1.807, 2.05) is 45.0 Å². The molecule has 0 aromatic heterocycles. The predicted octanol–water partition coefficient (Wildman–Crippen LogP) is 2.79. The van der Waals surface area contributed by atoms with Crippen LogP contribution >= 0.6 is 0 Å². The van der Waals surface area contributed by atoms with Gasteiger partial charge in [0, 0.05) is 12.5 Å². The van der Waals surface area contributed by atoms with Gasteiger partial charge in [-0.1, -0.05) is 50.1 Å². The second-order valence-corrected chi connectivity index (χ2v) is 5.66. The molecule has 4 nitrogen and oxygen atoms in total. The van der Waals surface area contributed by atoms with Gasteiger partial charge >= 0.3 is 5.97 Å². The van der Waals surface area contributed by atoms with Crippen molar-refractivity contribution in [3.8, 4) is 0 Å². The fraction of sp³-hybridized carbons (Fsp3) is 0.529. The number of benzene rings is 1. The van der Waals surface area contributed by atoms with E-state index in [0.29, 0.717) is 6.42 Å². The summed E-state index contributed by atoms with van der Waals surface area (Å²) in [7, 11) is 0. The number of hydrogen-bond acceptors (Lipinski definition) is 2. The van der Waals surface area contributed by atoms with Crippen LogP contribution in [0.5, 0.6) is 0 Å². The Bertz CT molecular complexity index is 485. The Morgan fingerprint density at radius 1 is 1.33 bits per heavy atom. The summed E-state index contributed by atoms with van der Waals surface area (Å²) >= 11 is 0. The molecule has 0 aliphatic carbocycles. The highest BCUT2D eigenvalue weighted by Crippen LogP contribution is 2.12. The van der Waals surface area contributed by atoms with Gasteiger partial charge in [0.2, 0.25) is 5.91 Å². The lowest BCUT2D eigenvalue weighted by Gasteiger charge is -2.16. The van der Waals surface area contributed by atoms with E-state index in [0.717, 1.165) is 24.0 Å². The average molecular weight is 291 g/mol. The smallest absolute Gasteiger partial charge is 0.308 e. The van der Waals surface area contributed by atoms with Crippen molar-refractivity contribution < 1.29 is 14.7 Å². The van der Waals surface area contributed by atoms with Gasteiger partial charge in [0.25, 0.3) is 0 Å². The Morgan fingerprint density at radius 3 is 2.62 bits per heavy atom. The van der Waals surface area contributed by atoms with Crippen molar-refractivity contribution in [2.45, 2.75) is 40.0 Å². The fourth-order valence-corrected chi connectivity index (χ4v) is 2.33. The van der Waals surface area contributed by atoms with E-state index in [1.165, 1.54) is 0 Å². The number of rotatable bonds is 8. The Morgan fingerprint density at radius 2 is 2.05 bits per heavy atom. The molecule has 0 saturated heterocycles. The van der Waals surface area contributed by atoms with Gasteiger partial charge in [-0.2, -0.15) is 0 Å². The van der Waals surface area contributed by atoms with Crippen LogP contribution in [0.3, 0.4) is 0 Å². The molecule has 2 N–H and O–H groups in total. The number of carbonyl (C=O) groups is 2. The molecule has 1 rings (SSSR count). The molecule has 4 heteroatoms. The summed E-state index contributed by atoms with van der Waals surface area (Å²) in [6.45, 7) is 6.06. The summed E-state index contributed by atoms with van der Waals surface area (Å²) in [5, 5.41) is 12.1. The highest BCUT2D eigenvalue weighted by Gasteiger charge is 2.20. The summed E-state index contributed by atoms with van der Waals surface area (Å²) < 4.78 is 0. The first kappa shape index (κ1) is 17.2. The maximum Gasteiger partial charge on any atom is 0.308 e. The quantitative estimate of drug-likeness (QED) is 0.774. The molecule has 0 aliphatic rings. The number of hydrogen-bond donors (Lipinski definition) is 2. The van der Waals surface area contributed by atoms with E-state index in [9.17, 15) is 14.7 Å². The zero-order valence-corrected chi connectivity index (χ0v) is 13.1. The summed E-state index contributed by atoms with van der Waals surface area (Å²) in [6.07, 6.45) is 2.20.